The van der Waals surface area contributed by atoms with E-state index in [0.717, 1.165) is 13.0 Å². The minimum atomic E-state index is -0.369. The first-order valence-corrected chi connectivity index (χ1v) is 5.93. The molecule has 1 heterocycles. The maximum atomic E-state index is 11.0. The summed E-state index contributed by atoms with van der Waals surface area (Å²) in [6, 6.07) is 0. The Balaban J connectivity index is 2.90. The number of rotatable bonds is 6. The summed E-state index contributed by atoms with van der Waals surface area (Å²) in [6.07, 6.45) is 0.977. The lowest BCUT2D eigenvalue weighted by atomic mass is 10.1. The first kappa shape index (κ1) is 13.5. The van der Waals surface area contributed by atoms with Gasteiger partial charge in [0.2, 0.25) is 5.82 Å². The lowest BCUT2D eigenvalue weighted by Crippen LogP contribution is -2.11. The van der Waals surface area contributed by atoms with Crippen LogP contribution in [0.4, 0.5) is 11.5 Å². The monoisotopic (exact) mass is 240 g/mol. The second-order valence-corrected chi connectivity index (χ2v) is 4.46. The fourth-order valence-corrected chi connectivity index (χ4v) is 1.67. The number of aromatic nitrogens is 2. The van der Waals surface area contributed by atoms with E-state index >= 15 is 0 Å². The van der Waals surface area contributed by atoms with Crippen molar-refractivity contribution in [3.63, 3.8) is 0 Å². The van der Waals surface area contributed by atoms with Gasteiger partial charge in [-0.2, -0.15) is 5.10 Å². The molecule has 1 aromatic rings. The van der Waals surface area contributed by atoms with Crippen LogP contribution in [0.3, 0.4) is 0 Å². The number of nitrogens with zero attached hydrogens (tertiary/aromatic N) is 3. The molecule has 0 radical (unpaired) electrons. The van der Waals surface area contributed by atoms with Gasteiger partial charge in [0.25, 0.3) is 0 Å². The molecule has 0 fully saturated rings. The van der Waals surface area contributed by atoms with Crippen molar-refractivity contribution in [2.24, 2.45) is 5.92 Å². The summed E-state index contributed by atoms with van der Waals surface area (Å²) in [6.45, 7) is 9.18. The Morgan fingerprint density at radius 1 is 1.53 bits per heavy atom. The molecule has 0 aliphatic carbocycles. The summed E-state index contributed by atoms with van der Waals surface area (Å²) in [7, 11) is 0. The van der Waals surface area contributed by atoms with E-state index in [1.54, 1.807) is 11.6 Å². The van der Waals surface area contributed by atoms with Gasteiger partial charge in [-0.25, -0.2) is 4.68 Å². The van der Waals surface area contributed by atoms with Gasteiger partial charge in [-0.3, -0.25) is 10.1 Å². The van der Waals surface area contributed by atoms with Gasteiger partial charge < -0.3 is 5.32 Å². The van der Waals surface area contributed by atoms with Crippen molar-refractivity contribution in [3.05, 3.63) is 15.8 Å². The van der Waals surface area contributed by atoms with Gasteiger partial charge in [0.05, 0.1) is 4.92 Å². The standard InChI is InChI=1S/C11H20N4O2/c1-5-14-11(12-7-6-8(2)3)10(15(16)17)9(4)13-14/h8,12H,5-7H2,1-4H3. The zero-order valence-corrected chi connectivity index (χ0v) is 10.9. The molecule has 0 saturated heterocycles. The van der Waals surface area contributed by atoms with Crippen molar-refractivity contribution < 1.29 is 4.92 Å². The Labute approximate surface area is 101 Å². The van der Waals surface area contributed by atoms with Crippen molar-refractivity contribution in [2.45, 2.75) is 40.7 Å². The predicted molar refractivity (Wildman–Crippen MR) is 67.2 cm³/mol. The number of nitro groups is 1. The third-order valence-corrected chi connectivity index (χ3v) is 2.59. The van der Waals surface area contributed by atoms with Crippen molar-refractivity contribution >= 4 is 11.5 Å². The van der Waals surface area contributed by atoms with E-state index in [1.165, 1.54) is 0 Å². The molecule has 6 heteroatoms. The van der Waals surface area contributed by atoms with E-state index in [1.807, 2.05) is 6.92 Å². The average Bonchev–Trinajstić information content (AvgIpc) is 2.54. The highest BCUT2D eigenvalue weighted by Gasteiger charge is 2.24. The lowest BCUT2D eigenvalue weighted by molar-refractivity contribution is -0.384. The topological polar surface area (TPSA) is 73.0 Å². The van der Waals surface area contributed by atoms with Crippen LogP contribution in [-0.2, 0) is 6.54 Å². The van der Waals surface area contributed by atoms with E-state index in [-0.39, 0.29) is 10.6 Å². The quantitative estimate of drug-likeness (QED) is 0.612. The molecule has 0 spiro atoms. The van der Waals surface area contributed by atoms with Gasteiger partial charge in [0, 0.05) is 13.1 Å². The number of anilines is 1. The molecular formula is C11H20N4O2. The maximum Gasteiger partial charge on any atom is 0.333 e. The molecule has 0 saturated carbocycles. The molecule has 0 amide bonds. The van der Waals surface area contributed by atoms with E-state index in [2.05, 4.69) is 24.3 Å². The van der Waals surface area contributed by atoms with Crippen LogP contribution in [0.25, 0.3) is 0 Å². The van der Waals surface area contributed by atoms with E-state index in [9.17, 15) is 10.1 Å². The van der Waals surface area contributed by atoms with E-state index in [4.69, 9.17) is 0 Å². The van der Waals surface area contributed by atoms with E-state index in [0.29, 0.717) is 24.0 Å². The van der Waals surface area contributed by atoms with Crippen LogP contribution in [0.15, 0.2) is 0 Å². The molecule has 0 aromatic carbocycles. The minimum absolute atomic E-state index is 0.0932. The predicted octanol–water partition coefficient (Wildman–Crippen LogP) is 2.58. The first-order valence-electron chi connectivity index (χ1n) is 5.93. The smallest absolute Gasteiger partial charge is 0.333 e. The van der Waals surface area contributed by atoms with E-state index < -0.39 is 0 Å². The van der Waals surface area contributed by atoms with Gasteiger partial charge in [-0.05, 0) is 26.2 Å². The molecule has 0 aliphatic rings. The summed E-state index contributed by atoms with van der Waals surface area (Å²) in [5.74, 6) is 1.09. The summed E-state index contributed by atoms with van der Waals surface area (Å²) >= 11 is 0. The summed E-state index contributed by atoms with van der Waals surface area (Å²) in [5, 5.41) is 18.3. The second kappa shape index (κ2) is 5.65. The van der Waals surface area contributed by atoms with Gasteiger partial charge in [0.15, 0.2) is 0 Å². The fraction of sp³-hybridized carbons (Fsp3) is 0.727. The Kier molecular flexibility index (Phi) is 4.48. The summed E-state index contributed by atoms with van der Waals surface area (Å²) < 4.78 is 1.65. The number of aryl methyl sites for hydroxylation is 2. The van der Waals surface area contributed by atoms with Crippen LogP contribution in [0.2, 0.25) is 0 Å². The fourth-order valence-electron chi connectivity index (χ4n) is 1.67. The normalized spacial score (nSPS) is 10.9. The Morgan fingerprint density at radius 2 is 2.18 bits per heavy atom. The second-order valence-electron chi connectivity index (χ2n) is 4.46. The summed E-state index contributed by atoms with van der Waals surface area (Å²) in [5.41, 5.74) is 0.555. The van der Waals surface area contributed by atoms with Gasteiger partial charge in [0.1, 0.15) is 5.69 Å². The lowest BCUT2D eigenvalue weighted by Gasteiger charge is -2.08. The molecule has 6 nitrogen and oxygen atoms in total. The average molecular weight is 240 g/mol. The van der Waals surface area contributed by atoms with Gasteiger partial charge >= 0.3 is 5.69 Å². The van der Waals surface area contributed by atoms with Crippen LogP contribution >= 0.6 is 0 Å². The Bertz CT molecular complexity index is 398. The zero-order valence-electron chi connectivity index (χ0n) is 10.9. The Morgan fingerprint density at radius 3 is 2.65 bits per heavy atom. The Hall–Kier alpha value is -1.59. The maximum absolute atomic E-state index is 11.0. The molecule has 96 valence electrons. The molecule has 0 aliphatic heterocycles. The molecule has 1 aromatic heterocycles. The SMILES string of the molecule is CCn1nc(C)c([N+](=O)[O-])c1NCCC(C)C. The zero-order chi connectivity index (χ0) is 13.0. The largest absolute Gasteiger partial charge is 0.365 e. The van der Waals surface area contributed by atoms with Crippen molar-refractivity contribution in [1.29, 1.82) is 0 Å². The van der Waals surface area contributed by atoms with Crippen LogP contribution in [0.5, 0.6) is 0 Å². The molecule has 0 atom stereocenters. The molecule has 1 N–H and O–H groups in total. The third kappa shape index (κ3) is 3.18. The van der Waals surface area contributed by atoms with Crippen molar-refractivity contribution in [3.8, 4) is 0 Å². The highest BCUT2D eigenvalue weighted by Crippen LogP contribution is 2.28. The van der Waals surface area contributed by atoms with Crippen LogP contribution < -0.4 is 5.32 Å². The van der Waals surface area contributed by atoms with Gasteiger partial charge in [-0.1, -0.05) is 13.8 Å². The molecule has 1 rings (SSSR count). The molecule has 0 bridgehead atoms. The third-order valence-electron chi connectivity index (χ3n) is 2.59. The highest BCUT2D eigenvalue weighted by atomic mass is 16.6. The van der Waals surface area contributed by atoms with Crippen molar-refractivity contribution in [1.82, 2.24) is 9.78 Å². The number of hydrogen-bond donors (Lipinski definition) is 1. The highest BCUT2D eigenvalue weighted by molar-refractivity contribution is 5.59. The molecular weight excluding hydrogens is 220 g/mol. The number of nitrogens with one attached hydrogen (secondary N) is 1. The van der Waals surface area contributed by atoms with Crippen molar-refractivity contribution in [2.75, 3.05) is 11.9 Å². The first-order chi connectivity index (χ1) is 7.97. The van der Waals surface area contributed by atoms with Crippen LogP contribution in [-0.4, -0.2) is 21.2 Å². The number of hydrogen-bond acceptors (Lipinski definition) is 4. The molecule has 17 heavy (non-hydrogen) atoms. The van der Waals surface area contributed by atoms with Gasteiger partial charge in [-0.15, -0.1) is 0 Å². The minimum Gasteiger partial charge on any atom is -0.365 e. The van der Waals surface area contributed by atoms with Crippen LogP contribution in [0, 0.1) is 23.0 Å². The summed E-state index contributed by atoms with van der Waals surface area (Å²) in [4.78, 5) is 10.6. The molecule has 0 unspecified atom stereocenters. The van der Waals surface area contributed by atoms with Crippen LogP contribution in [0.1, 0.15) is 32.9 Å².